The number of hydrogen-bond acceptors (Lipinski definition) is 5. The van der Waals surface area contributed by atoms with Crippen molar-refractivity contribution in [2.45, 2.75) is 26.1 Å². The van der Waals surface area contributed by atoms with Gasteiger partial charge in [-0.25, -0.2) is 4.79 Å². The van der Waals surface area contributed by atoms with E-state index in [9.17, 15) is 4.79 Å². The molecule has 2 rings (SSSR count). The Labute approximate surface area is 118 Å². The molecular formula is C15H20O5. The number of rotatable bonds is 8. The molecule has 0 amide bonds. The van der Waals surface area contributed by atoms with Crippen LogP contribution in [0.15, 0.2) is 24.3 Å². The van der Waals surface area contributed by atoms with Crippen molar-refractivity contribution in [3.8, 4) is 5.75 Å². The second kappa shape index (κ2) is 7.26. The average Bonchev–Trinajstić information content (AvgIpc) is 3.25. The van der Waals surface area contributed by atoms with Gasteiger partial charge in [0.1, 0.15) is 25.1 Å². The van der Waals surface area contributed by atoms with Gasteiger partial charge in [0.2, 0.25) is 0 Å². The molecule has 0 spiro atoms. The van der Waals surface area contributed by atoms with Gasteiger partial charge in [-0.2, -0.15) is 0 Å². The van der Waals surface area contributed by atoms with E-state index < -0.39 is 0 Å². The second-order valence-corrected chi connectivity index (χ2v) is 4.85. The van der Waals surface area contributed by atoms with E-state index in [2.05, 4.69) is 0 Å². The highest BCUT2D eigenvalue weighted by Gasteiger charge is 2.23. The Bertz CT molecular complexity index is 422. The molecule has 0 aromatic heterocycles. The maximum atomic E-state index is 11.7. The van der Waals surface area contributed by atoms with E-state index in [0.29, 0.717) is 18.8 Å². The van der Waals surface area contributed by atoms with Crippen molar-refractivity contribution >= 4 is 5.97 Å². The van der Waals surface area contributed by atoms with Crippen LogP contribution in [0.3, 0.4) is 0 Å². The lowest BCUT2D eigenvalue weighted by atomic mass is 10.2. The Morgan fingerprint density at radius 1 is 1.30 bits per heavy atom. The van der Waals surface area contributed by atoms with E-state index >= 15 is 0 Å². The molecule has 1 aliphatic heterocycles. The number of ether oxygens (including phenoxy) is 4. The fourth-order valence-electron chi connectivity index (χ4n) is 1.54. The first-order valence-corrected chi connectivity index (χ1v) is 6.78. The smallest absolute Gasteiger partial charge is 0.338 e. The zero-order valence-electron chi connectivity index (χ0n) is 11.8. The van der Waals surface area contributed by atoms with Crippen LogP contribution < -0.4 is 4.74 Å². The van der Waals surface area contributed by atoms with Crippen molar-refractivity contribution < 1.29 is 23.7 Å². The summed E-state index contributed by atoms with van der Waals surface area (Å²) >= 11 is 0. The van der Waals surface area contributed by atoms with E-state index in [-0.39, 0.29) is 24.8 Å². The summed E-state index contributed by atoms with van der Waals surface area (Å²) in [6, 6.07) is 6.89. The van der Waals surface area contributed by atoms with Crippen LogP contribution in [0, 0.1) is 0 Å². The molecule has 1 atom stereocenters. The molecule has 5 heteroatoms. The standard InChI is InChI=1S/C15H20O5/c1-11(2)17-7-8-18-15(16)12-3-5-13(6-4-12)19-9-14-10-20-14/h3-6,11,14H,7-10H2,1-2H3/t14-/m0/s1. The van der Waals surface area contributed by atoms with Gasteiger partial charge < -0.3 is 18.9 Å². The summed E-state index contributed by atoms with van der Waals surface area (Å²) in [5.41, 5.74) is 0.504. The maximum Gasteiger partial charge on any atom is 0.338 e. The predicted octanol–water partition coefficient (Wildman–Crippen LogP) is 2.05. The van der Waals surface area contributed by atoms with Crippen LogP contribution >= 0.6 is 0 Å². The van der Waals surface area contributed by atoms with Gasteiger partial charge in [-0.15, -0.1) is 0 Å². The molecular weight excluding hydrogens is 260 g/mol. The van der Waals surface area contributed by atoms with Gasteiger partial charge in [0.05, 0.1) is 24.9 Å². The lowest BCUT2D eigenvalue weighted by molar-refractivity contribution is 0.0177. The number of carbonyl (C=O) groups excluding carboxylic acids is 1. The predicted molar refractivity (Wildman–Crippen MR) is 73.0 cm³/mol. The molecule has 110 valence electrons. The molecule has 0 unspecified atom stereocenters. The van der Waals surface area contributed by atoms with Crippen molar-refractivity contribution in [3.63, 3.8) is 0 Å². The summed E-state index contributed by atoms with van der Waals surface area (Å²) in [5.74, 6) is 0.370. The molecule has 20 heavy (non-hydrogen) atoms. The van der Waals surface area contributed by atoms with E-state index in [1.54, 1.807) is 24.3 Å². The zero-order valence-corrected chi connectivity index (χ0v) is 11.8. The molecule has 1 saturated heterocycles. The Morgan fingerprint density at radius 3 is 2.60 bits per heavy atom. The van der Waals surface area contributed by atoms with E-state index in [1.165, 1.54) is 0 Å². The molecule has 5 nitrogen and oxygen atoms in total. The minimum Gasteiger partial charge on any atom is -0.491 e. The monoisotopic (exact) mass is 280 g/mol. The minimum atomic E-state index is -0.352. The van der Waals surface area contributed by atoms with Crippen molar-refractivity contribution in [1.29, 1.82) is 0 Å². The number of epoxide rings is 1. The quantitative estimate of drug-likeness (QED) is 0.414. The number of hydrogen-bond donors (Lipinski definition) is 0. The molecule has 1 fully saturated rings. The maximum absolute atomic E-state index is 11.7. The molecule has 0 radical (unpaired) electrons. The Morgan fingerprint density at radius 2 is 2.00 bits per heavy atom. The highest BCUT2D eigenvalue weighted by Crippen LogP contribution is 2.16. The highest BCUT2D eigenvalue weighted by atomic mass is 16.6. The first kappa shape index (κ1) is 14.8. The largest absolute Gasteiger partial charge is 0.491 e. The van der Waals surface area contributed by atoms with Crippen molar-refractivity contribution in [1.82, 2.24) is 0 Å². The lowest BCUT2D eigenvalue weighted by Crippen LogP contribution is -2.13. The molecule has 1 aromatic carbocycles. The van der Waals surface area contributed by atoms with Crippen LogP contribution in [-0.4, -0.2) is 44.6 Å². The van der Waals surface area contributed by atoms with Crippen LogP contribution in [0.5, 0.6) is 5.75 Å². The van der Waals surface area contributed by atoms with E-state index in [4.69, 9.17) is 18.9 Å². The van der Waals surface area contributed by atoms with Crippen molar-refractivity contribution in [2.75, 3.05) is 26.4 Å². The first-order valence-electron chi connectivity index (χ1n) is 6.78. The first-order chi connectivity index (χ1) is 9.65. The van der Waals surface area contributed by atoms with Crippen molar-refractivity contribution in [3.05, 3.63) is 29.8 Å². The van der Waals surface area contributed by atoms with Crippen LogP contribution in [0.1, 0.15) is 24.2 Å². The highest BCUT2D eigenvalue weighted by molar-refractivity contribution is 5.89. The van der Waals surface area contributed by atoms with Crippen LogP contribution in [-0.2, 0) is 14.2 Å². The summed E-state index contributed by atoms with van der Waals surface area (Å²) in [6.45, 7) is 5.86. The van der Waals surface area contributed by atoms with Gasteiger partial charge in [0.15, 0.2) is 0 Å². The molecule has 1 heterocycles. The summed E-state index contributed by atoms with van der Waals surface area (Å²) < 4.78 is 20.9. The Kier molecular flexibility index (Phi) is 5.38. The topological polar surface area (TPSA) is 57.3 Å². The average molecular weight is 280 g/mol. The zero-order chi connectivity index (χ0) is 14.4. The third-order valence-electron chi connectivity index (χ3n) is 2.70. The second-order valence-electron chi connectivity index (χ2n) is 4.85. The fourth-order valence-corrected chi connectivity index (χ4v) is 1.54. The van der Waals surface area contributed by atoms with E-state index in [0.717, 1.165) is 12.4 Å². The summed E-state index contributed by atoms with van der Waals surface area (Å²) in [5, 5.41) is 0. The van der Waals surface area contributed by atoms with Crippen LogP contribution in [0.4, 0.5) is 0 Å². The van der Waals surface area contributed by atoms with Gasteiger partial charge in [-0.05, 0) is 38.1 Å². The third kappa shape index (κ3) is 5.19. The third-order valence-corrected chi connectivity index (χ3v) is 2.70. The SMILES string of the molecule is CC(C)OCCOC(=O)c1ccc(OC[C@H]2CO2)cc1. The summed E-state index contributed by atoms with van der Waals surface area (Å²) in [6.07, 6.45) is 0.362. The molecule has 1 aliphatic rings. The molecule has 0 bridgehead atoms. The van der Waals surface area contributed by atoms with Crippen LogP contribution in [0.2, 0.25) is 0 Å². The van der Waals surface area contributed by atoms with Gasteiger partial charge in [-0.3, -0.25) is 0 Å². The minimum absolute atomic E-state index is 0.139. The Hall–Kier alpha value is -1.59. The van der Waals surface area contributed by atoms with Gasteiger partial charge in [0, 0.05) is 0 Å². The molecule has 0 saturated carbocycles. The Balaban J connectivity index is 1.71. The van der Waals surface area contributed by atoms with E-state index in [1.807, 2.05) is 13.8 Å². The van der Waals surface area contributed by atoms with Crippen LogP contribution in [0.25, 0.3) is 0 Å². The van der Waals surface area contributed by atoms with Gasteiger partial charge in [0.25, 0.3) is 0 Å². The van der Waals surface area contributed by atoms with Crippen molar-refractivity contribution in [2.24, 2.45) is 0 Å². The number of esters is 1. The number of benzene rings is 1. The summed E-state index contributed by atoms with van der Waals surface area (Å²) in [4.78, 5) is 11.7. The molecule has 0 N–H and O–H groups in total. The molecule has 1 aromatic rings. The van der Waals surface area contributed by atoms with Gasteiger partial charge >= 0.3 is 5.97 Å². The fraction of sp³-hybridized carbons (Fsp3) is 0.533. The summed E-state index contributed by atoms with van der Waals surface area (Å²) in [7, 11) is 0. The van der Waals surface area contributed by atoms with Gasteiger partial charge in [-0.1, -0.05) is 0 Å². The normalized spacial score (nSPS) is 17.1. The lowest BCUT2D eigenvalue weighted by Gasteiger charge is -2.09. The number of carbonyl (C=O) groups is 1. The molecule has 0 aliphatic carbocycles.